The van der Waals surface area contributed by atoms with Crippen molar-refractivity contribution in [2.75, 3.05) is 26.7 Å². The number of hydrogen-bond acceptors (Lipinski definition) is 4. The van der Waals surface area contributed by atoms with Gasteiger partial charge in [0.15, 0.2) is 5.96 Å². The zero-order chi connectivity index (χ0) is 17.4. The van der Waals surface area contributed by atoms with Crippen molar-refractivity contribution in [1.29, 1.82) is 0 Å². The predicted molar refractivity (Wildman–Crippen MR) is 117 cm³/mol. The molecule has 2 rings (SSSR count). The molecule has 7 heteroatoms. The van der Waals surface area contributed by atoms with Gasteiger partial charge in [0.2, 0.25) is 0 Å². The second-order valence-electron chi connectivity index (χ2n) is 5.86. The van der Waals surface area contributed by atoms with Gasteiger partial charge in [0.25, 0.3) is 0 Å². The summed E-state index contributed by atoms with van der Waals surface area (Å²) in [5, 5.41) is 17.9. The number of thiophene rings is 1. The molecule has 0 aliphatic rings. The van der Waals surface area contributed by atoms with Crippen LogP contribution in [0.15, 0.2) is 35.3 Å². The molecule has 3 N–H and O–H groups in total. The molecule has 2 aromatic rings. The van der Waals surface area contributed by atoms with Crippen LogP contribution in [0.25, 0.3) is 10.1 Å². The molecular formula is C18H28IN3O2S. The molecule has 0 bridgehead atoms. The molecule has 1 atom stereocenters. The molecule has 1 aromatic carbocycles. The monoisotopic (exact) mass is 477 g/mol. The topological polar surface area (TPSA) is 65.9 Å². The molecular weight excluding hydrogens is 449 g/mol. The van der Waals surface area contributed by atoms with Gasteiger partial charge in [-0.15, -0.1) is 35.3 Å². The Bertz CT molecular complexity index is 628. The number of nitrogens with one attached hydrogen (secondary N) is 2. The third kappa shape index (κ3) is 7.47. The van der Waals surface area contributed by atoms with Crippen molar-refractivity contribution in [3.05, 3.63) is 35.2 Å². The zero-order valence-corrected chi connectivity index (χ0v) is 18.1. The first-order valence-corrected chi connectivity index (χ1v) is 9.14. The summed E-state index contributed by atoms with van der Waals surface area (Å²) in [5.74, 6) is 0.694. The Morgan fingerprint density at radius 1 is 1.28 bits per heavy atom. The maximum Gasteiger partial charge on any atom is 0.191 e. The third-order valence-electron chi connectivity index (χ3n) is 3.52. The van der Waals surface area contributed by atoms with E-state index in [1.54, 1.807) is 18.4 Å². The summed E-state index contributed by atoms with van der Waals surface area (Å²) in [6.45, 7) is 6.00. The van der Waals surface area contributed by atoms with E-state index in [0.717, 1.165) is 24.4 Å². The fourth-order valence-corrected chi connectivity index (χ4v) is 3.33. The van der Waals surface area contributed by atoms with E-state index in [1.807, 2.05) is 32.0 Å². The van der Waals surface area contributed by atoms with Crippen LogP contribution in [0.2, 0.25) is 0 Å². The Morgan fingerprint density at radius 2 is 2.04 bits per heavy atom. The second-order valence-corrected chi connectivity index (χ2v) is 6.97. The number of benzene rings is 1. The quantitative estimate of drug-likeness (QED) is 0.236. The standard InChI is InChI=1S/C18H27N3O2S.HI/c1-13(2)23-10-6-9-20-18(19-3)21-12-15(22)17-11-14-7-4-5-8-16(14)24-17;/h4-5,7-8,11,13,15,22H,6,9-10,12H2,1-3H3,(H2,19,20,21);1H. The fourth-order valence-electron chi connectivity index (χ4n) is 2.28. The molecule has 0 spiro atoms. The van der Waals surface area contributed by atoms with E-state index in [1.165, 1.54) is 10.1 Å². The molecule has 5 nitrogen and oxygen atoms in total. The maximum atomic E-state index is 10.4. The largest absolute Gasteiger partial charge is 0.386 e. The van der Waals surface area contributed by atoms with Crippen molar-refractivity contribution in [3.8, 4) is 0 Å². The molecule has 0 amide bonds. The number of ether oxygens (including phenoxy) is 1. The summed E-state index contributed by atoms with van der Waals surface area (Å²) >= 11 is 1.62. The third-order valence-corrected chi connectivity index (χ3v) is 4.74. The van der Waals surface area contributed by atoms with Crippen LogP contribution in [0.4, 0.5) is 0 Å². The van der Waals surface area contributed by atoms with Crippen LogP contribution < -0.4 is 10.6 Å². The highest BCUT2D eigenvalue weighted by Crippen LogP contribution is 2.29. The number of nitrogens with zero attached hydrogens (tertiary/aromatic N) is 1. The lowest BCUT2D eigenvalue weighted by atomic mass is 10.2. The van der Waals surface area contributed by atoms with E-state index in [2.05, 4.69) is 27.8 Å². The van der Waals surface area contributed by atoms with Gasteiger partial charge >= 0.3 is 0 Å². The van der Waals surface area contributed by atoms with E-state index >= 15 is 0 Å². The minimum atomic E-state index is -0.551. The lowest BCUT2D eigenvalue weighted by Gasteiger charge is -2.15. The van der Waals surface area contributed by atoms with Crippen LogP contribution in [0.1, 0.15) is 31.2 Å². The molecule has 0 fully saturated rings. The van der Waals surface area contributed by atoms with Gasteiger partial charge in [-0.05, 0) is 37.8 Å². The van der Waals surface area contributed by atoms with Crippen LogP contribution in [-0.4, -0.2) is 43.9 Å². The number of aliphatic hydroxyl groups excluding tert-OH is 1. The van der Waals surface area contributed by atoms with Gasteiger partial charge in [0.05, 0.1) is 6.10 Å². The predicted octanol–water partition coefficient (Wildman–Crippen LogP) is 3.53. The molecule has 0 saturated heterocycles. The molecule has 0 saturated carbocycles. The van der Waals surface area contributed by atoms with Crippen LogP contribution >= 0.6 is 35.3 Å². The molecule has 0 aliphatic carbocycles. The lowest BCUT2D eigenvalue weighted by molar-refractivity contribution is 0.0776. The van der Waals surface area contributed by atoms with Crippen molar-refractivity contribution in [2.45, 2.75) is 32.5 Å². The minimum Gasteiger partial charge on any atom is -0.386 e. The number of aliphatic hydroxyl groups is 1. The van der Waals surface area contributed by atoms with Gasteiger partial charge in [0.1, 0.15) is 6.10 Å². The van der Waals surface area contributed by atoms with E-state index in [9.17, 15) is 5.11 Å². The Labute approximate surface area is 170 Å². The first-order chi connectivity index (χ1) is 11.6. The van der Waals surface area contributed by atoms with Gasteiger partial charge in [-0.2, -0.15) is 0 Å². The van der Waals surface area contributed by atoms with Crippen molar-refractivity contribution in [2.24, 2.45) is 4.99 Å². The van der Waals surface area contributed by atoms with Crippen LogP contribution in [0, 0.1) is 0 Å². The molecule has 140 valence electrons. The Morgan fingerprint density at radius 3 is 2.72 bits per heavy atom. The molecule has 1 unspecified atom stereocenters. The van der Waals surface area contributed by atoms with E-state index in [4.69, 9.17) is 4.74 Å². The molecule has 0 aliphatic heterocycles. The van der Waals surface area contributed by atoms with Crippen LogP contribution in [-0.2, 0) is 4.74 Å². The molecule has 1 heterocycles. The summed E-state index contributed by atoms with van der Waals surface area (Å²) in [6.07, 6.45) is 0.627. The first-order valence-electron chi connectivity index (χ1n) is 8.33. The summed E-state index contributed by atoms with van der Waals surface area (Å²) in [7, 11) is 1.73. The van der Waals surface area contributed by atoms with Gasteiger partial charge in [-0.25, -0.2) is 0 Å². The number of fused-ring (bicyclic) bond motifs is 1. The highest BCUT2D eigenvalue weighted by Gasteiger charge is 2.12. The average molecular weight is 477 g/mol. The summed E-state index contributed by atoms with van der Waals surface area (Å²) in [5.41, 5.74) is 0. The van der Waals surface area contributed by atoms with Crippen molar-refractivity contribution in [3.63, 3.8) is 0 Å². The lowest BCUT2D eigenvalue weighted by Crippen LogP contribution is -2.40. The highest BCUT2D eigenvalue weighted by molar-refractivity contribution is 14.0. The summed E-state index contributed by atoms with van der Waals surface area (Å²) < 4.78 is 6.70. The van der Waals surface area contributed by atoms with E-state index in [0.29, 0.717) is 12.5 Å². The molecule has 1 aromatic heterocycles. The number of aliphatic imine (C=N–C) groups is 1. The van der Waals surface area contributed by atoms with Gasteiger partial charge in [0, 0.05) is 36.3 Å². The summed E-state index contributed by atoms with van der Waals surface area (Å²) in [6, 6.07) is 10.2. The van der Waals surface area contributed by atoms with Crippen molar-refractivity contribution in [1.82, 2.24) is 10.6 Å². The Hall–Kier alpha value is -0.900. The fraction of sp³-hybridized carbons (Fsp3) is 0.500. The average Bonchev–Trinajstić information content (AvgIpc) is 3.01. The summed E-state index contributed by atoms with van der Waals surface area (Å²) in [4.78, 5) is 5.14. The maximum absolute atomic E-state index is 10.4. The molecule has 25 heavy (non-hydrogen) atoms. The zero-order valence-electron chi connectivity index (χ0n) is 15.0. The Kier molecular flexibility index (Phi) is 10.3. The highest BCUT2D eigenvalue weighted by atomic mass is 127. The Balaban J connectivity index is 0.00000312. The number of guanidine groups is 1. The number of rotatable bonds is 8. The van der Waals surface area contributed by atoms with Crippen molar-refractivity contribution >= 4 is 51.4 Å². The van der Waals surface area contributed by atoms with E-state index < -0.39 is 6.10 Å². The van der Waals surface area contributed by atoms with Gasteiger partial charge in [-0.3, -0.25) is 4.99 Å². The SMILES string of the molecule is CN=C(NCCCOC(C)C)NCC(O)c1cc2ccccc2s1.I. The van der Waals surface area contributed by atoms with Crippen molar-refractivity contribution < 1.29 is 9.84 Å². The number of halogens is 1. The van der Waals surface area contributed by atoms with Crippen LogP contribution in [0.3, 0.4) is 0 Å². The number of hydrogen-bond donors (Lipinski definition) is 3. The van der Waals surface area contributed by atoms with Gasteiger partial charge in [-0.1, -0.05) is 18.2 Å². The first kappa shape index (κ1) is 22.1. The molecule has 0 radical (unpaired) electrons. The smallest absolute Gasteiger partial charge is 0.191 e. The van der Waals surface area contributed by atoms with E-state index in [-0.39, 0.29) is 30.1 Å². The second kappa shape index (κ2) is 11.7. The normalized spacial score (nSPS) is 12.9. The minimum absolute atomic E-state index is 0. The van der Waals surface area contributed by atoms with Crippen LogP contribution in [0.5, 0.6) is 0 Å². The van der Waals surface area contributed by atoms with Gasteiger partial charge < -0.3 is 20.5 Å².